The van der Waals surface area contributed by atoms with Crippen molar-refractivity contribution in [1.29, 1.82) is 0 Å². The Labute approximate surface area is 117 Å². The van der Waals surface area contributed by atoms with E-state index in [9.17, 15) is 0 Å². The van der Waals surface area contributed by atoms with Crippen molar-refractivity contribution in [3.63, 3.8) is 0 Å². The quantitative estimate of drug-likeness (QED) is 0.600. The average Bonchev–Trinajstić information content (AvgIpc) is 2.98. The number of rotatable bonds is 9. The summed E-state index contributed by atoms with van der Waals surface area (Å²) >= 11 is 0. The van der Waals surface area contributed by atoms with Gasteiger partial charge in [-0.25, -0.2) is 0 Å². The predicted molar refractivity (Wildman–Crippen MR) is 74.5 cm³/mol. The summed E-state index contributed by atoms with van der Waals surface area (Å²) < 4.78 is 33.6. The molecule has 0 heterocycles. The predicted octanol–water partition coefficient (Wildman–Crippen LogP) is 1.38. The van der Waals surface area contributed by atoms with Gasteiger partial charge < -0.3 is 26.6 Å². The van der Waals surface area contributed by atoms with Gasteiger partial charge in [0.2, 0.25) is 0 Å². The van der Waals surface area contributed by atoms with Crippen molar-refractivity contribution in [1.82, 2.24) is 0 Å². The van der Waals surface area contributed by atoms with Crippen LogP contribution in [0, 0.1) is 5.92 Å². The van der Waals surface area contributed by atoms with Crippen molar-refractivity contribution in [2.45, 2.75) is 25.7 Å². The Balaban J connectivity index is 2.80. The summed E-state index contributed by atoms with van der Waals surface area (Å²) in [6.45, 7) is 0.610. The topological polar surface area (TPSA) is 55.4 Å². The Morgan fingerprint density at radius 2 is 1.16 bits per heavy atom. The molecule has 0 N–H and O–H groups in total. The maximum Gasteiger partial charge on any atom is 0.577 e. The summed E-state index contributed by atoms with van der Waals surface area (Å²) in [7, 11) is 1.52. The summed E-state index contributed by atoms with van der Waals surface area (Å²) in [4.78, 5) is 0. The van der Waals surface area contributed by atoms with Gasteiger partial charge in [0.1, 0.15) is 0 Å². The van der Waals surface area contributed by atoms with E-state index in [0.29, 0.717) is 12.5 Å². The molecule has 0 spiro atoms. The normalized spacial score (nSPS) is 18.2. The summed E-state index contributed by atoms with van der Waals surface area (Å²) in [6.07, 6.45) is 4.92. The third-order valence-corrected chi connectivity index (χ3v) is 13.4. The number of hydrogen-bond donors (Lipinski definition) is 0. The molecule has 19 heavy (non-hydrogen) atoms. The molecule has 0 saturated heterocycles. The first-order chi connectivity index (χ1) is 9.13. The zero-order chi connectivity index (χ0) is 14.4. The van der Waals surface area contributed by atoms with Crippen molar-refractivity contribution in [2.24, 2.45) is 5.92 Å². The Hall–Kier alpha value is 0.194. The molecule has 0 aromatic carbocycles. The lowest BCUT2D eigenvalue weighted by atomic mass is 10.1. The molecule has 0 aromatic rings. The van der Waals surface area contributed by atoms with Gasteiger partial charge in [-0.1, -0.05) is 12.8 Å². The van der Waals surface area contributed by atoms with Gasteiger partial charge in [0, 0.05) is 42.2 Å². The Bertz CT molecular complexity index is 243. The third kappa shape index (κ3) is 3.45. The first kappa shape index (κ1) is 17.2. The van der Waals surface area contributed by atoms with Crippen LogP contribution in [0.1, 0.15) is 25.7 Å². The maximum absolute atomic E-state index is 6.03. The molecular weight excluding hydrogens is 284 g/mol. The minimum atomic E-state index is -3.12. The highest BCUT2D eigenvalue weighted by molar-refractivity contribution is 7.26. The standard InChI is InChI=1S/C11H26O6Si2/c1-12-18(13-2,14-3)19(15-4,16-5)17-10-11-8-6-7-9-11/h11H,6-10H2,1-5H3. The van der Waals surface area contributed by atoms with Crippen LogP contribution >= 0.6 is 0 Å². The molecule has 114 valence electrons. The summed E-state index contributed by atoms with van der Waals surface area (Å²) in [5, 5.41) is 0. The number of hydrogen-bond acceptors (Lipinski definition) is 6. The van der Waals surface area contributed by atoms with Crippen LogP contribution in [0.5, 0.6) is 0 Å². The lowest BCUT2D eigenvalue weighted by Gasteiger charge is -2.37. The van der Waals surface area contributed by atoms with Crippen LogP contribution in [0.25, 0.3) is 0 Å². The molecule has 0 aromatic heterocycles. The molecule has 0 aliphatic heterocycles. The zero-order valence-corrected chi connectivity index (χ0v) is 14.6. The van der Waals surface area contributed by atoms with Crippen LogP contribution in [0.2, 0.25) is 0 Å². The fourth-order valence-electron chi connectivity index (χ4n) is 2.57. The first-order valence-electron chi connectivity index (χ1n) is 6.53. The summed E-state index contributed by atoms with van der Waals surface area (Å²) in [6, 6.07) is 0. The van der Waals surface area contributed by atoms with E-state index in [1.54, 1.807) is 14.2 Å². The van der Waals surface area contributed by atoms with E-state index >= 15 is 0 Å². The molecule has 0 atom stereocenters. The summed E-state index contributed by atoms with van der Waals surface area (Å²) in [5.41, 5.74) is 0. The van der Waals surface area contributed by atoms with Crippen molar-refractivity contribution in [2.75, 3.05) is 42.2 Å². The first-order valence-corrected chi connectivity index (χ1v) is 11.0. The highest BCUT2D eigenvalue weighted by Crippen LogP contribution is 2.29. The minimum absolute atomic E-state index is 0.564. The molecule has 0 bridgehead atoms. The van der Waals surface area contributed by atoms with Crippen molar-refractivity contribution >= 4 is 16.6 Å². The van der Waals surface area contributed by atoms with Crippen LogP contribution in [0.15, 0.2) is 0 Å². The Morgan fingerprint density at radius 1 is 0.737 bits per heavy atom. The molecule has 1 rings (SSSR count). The lowest BCUT2D eigenvalue weighted by molar-refractivity contribution is 0.0510. The summed E-state index contributed by atoms with van der Waals surface area (Å²) in [5.74, 6) is 0.564. The Morgan fingerprint density at radius 3 is 1.53 bits per heavy atom. The van der Waals surface area contributed by atoms with Crippen molar-refractivity contribution < 1.29 is 26.6 Å². The molecule has 1 fully saturated rings. The van der Waals surface area contributed by atoms with E-state index < -0.39 is 16.6 Å². The van der Waals surface area contributed by atoms with Crippen LogP contribution in [-0.2, 0) is 26.6 Å². The highest BCUT2D eigenvalue weighted by Gasteiger charge is 2.70. The smallest absolute Gasteiger partial charge is 0.375 e. The zero-order valence-electron chi connectivity index (χ0n) is 12.6. The molecule has 8 heteroatoms. The minimum Gasteiger partial charge on any atom is -0.375 e. The molecule has 0 radical (unpaired) electrons. The van der Waals surface area contributed by atoms with Crippen molar-refractivity contribution in [3.8, 4) is 0 Å². The van der Waals surface area contributed by atoms with Crippen LogP contribution in [0.4, 0.5) is 0 Å². The SMILES string of the molecule is CO[Si](OC)(OC)[Si](OC)(OC)OCC1CCCC1. The van der Waals surface area contributed by atoms with E-state index in [1.165, 1.54) is 47.0 Å². The second-order valence-electron chi connectivity index (χ2n) is 4.59. The molecule has 1 aliphatic rings. The fourth-order valence-corrected chi connectivity index (χ4v) is 9.88. The molecule has 1 saturated carbocycles. The van der Waals surface area contributed by atoms with Gasteiger partial charge in [0.15, 0.2) is 0 Å². The van der Waals surface area contributed by atoms with E-state index in [1.807, 2.05) is 0 Å². The van der Waals surface area contributed by atoms with Gasteiger partial charge in [0.25, 0.3) is 0 Å². The van der Waals surface area contributed by atoms with Gasteiger partial charge in [-0.2, -0.15) is 0 Å². The molecule has 0 amide bonds. The van der Waals surface area contributed by atoms with E-state index in [2.05, 4.69) is 0 Å². The van der Waals surface area contributed by atoms with Gasteiger partial charge in [-0.15, -0.1) is 0 Å². The van der Waals surface area contributed by atoms with E-state index in [-0.39, 0.29) is 0 Å². The molecule has 0 unspecified atom stereocenters. The molecule has 1 aliphatic carbocycles. The van der Waals surface area contributed by atoms with Crippen LogP contribution in [-0.4, -0.2) is 58.8 Å². The maximum atomic E-state index is 6.03. The molecule has 6 nitrogen and oxygen atoms in total. The monoisotopic (exact) mass is 310 g/mol. The third-order valence-electron chi connectivity index (χ3n) is 3.70. The van der Waals surface area contributed by atoms with E-state index in [0.717, 1.165) is 0 Å². The van der Waals surface area contributed by atoms with Gasteiger partial charge in [0.05, 0.1) is 0 Å². The van der Waals surface area contributed by atoms with Crippen LogP contribution < -0.4 is 0 Å². The van der Waals surface area contributed by atoms with Gasteiger partial charge in [-0.3, -0.25) is 0 Å². The van der Waals surface area contributed by atoms with Gasteiger partial charge >= 0.3 is 16.6 Å². The molecular formula is C11H26O6Si2. The lowest BCUT2D eigenvalue weighted by Crippen LogP contribution is -2.72. The second-order valence-corrected chi connectivity index (χ2v) is 12.8. The highest BCUT2D eigenvalue weighted by atomic mass is 29.3. The van der Waals surface area contributed by atoms with Crippen LogP contribution in [0.3, 0.4) is 0 Å². The second kappa shape index (κ2) is 7.84. The Kier molecular flexibility index (Phi) is 7.12. The fraction of sp³-hybridized carbons (Fsp3) is 1.00. The largest absolute Gasteiger partial charge is 0.577 e. The average molecular weight is 310 g/mol. The van der Waals surface area contributed by atoms with Gasteiger partial charge in [-0.05, 0) is 18.8 Å². The van der Waals surface area contributed by atoms with Crippen molar-refractivity contribution in [3.05, 3.63) is 0 Å². The van der Waals surface area contributed by atoms with E-state index in [4.69, 9.17) is 26.6 Å².